The molecule has 0 radical (unpaired) electrons. The molecule has 4 heteroatoms. The summed E-state index contributed by atoms with van der Waals surface area (Å²) in [5.74, 6) is 2.82. The molecule has 1 aliphatic rings. The molecule has 0 bridgehead atoms. The predicted molar refractivity (Wildman–Crippen MR) is 173 cm³/mol. The van der Waals surface area contributed by atoms with Gasteiger partial charge in [-0.3, -0.25) is 0 Å². The summed E-state index contributed by atoms with van der Waals surface area (Å²) in [6.07, 6.45) is 1.43. The molecule has 0 unspecified atom stereocenters. The van der Waals surface area contributed by atoms with Crippen LogP contribution in [0, 0.1) is 13.8 Å². The molecule has 0 saturated carbocycles. The van der Waals surface area contributed by atoms with Gasteiger partial charge in [0.25, 0.3) is 8.38 Å². The van der Waals surface area contributed by atoms with Gasteiger partial charge in [-0.15, -0.1) is 0 Å². The van der Waals surface area contributed by atoms with Crippen LogP contribution in [0.2, 0.25) is 0 Å². The van der Waals surface area contributed by atoms with Crippen molar-refractivity contribution < 1.29 is 13.8 Å². The highest BCUT2D eigenvalue weighted by Gasteiger charge is 2.32. The first-order valence-corrected chi connectivity index (χ1v) is 15.8. The number of aryl methyl sites for hydroxylation is 2. The first-order chi connectivity index (χ1) is 19.3. The molecule has 1 heterocycles. The van der Waals surface area contributed by atoms with Crippen molar-refractivity contribution in [3.8, 4) is 28.4 Å². The molecule has 0 spiro atoms. The fourth-order valence-corrected chi connectivity index (χ4v) is 7.27. The van der Waals surface area contributed by atoms with Crippen LogP contribution in [-0.2, 0) is 23.4 Å². The molecule has 0 aromatic heterocycles. The average molecular weight is 567 g/mol. The Bertz CT molecular complexity index is 1500. The lowest BCUT2D eigenvalue weighted by Gasteiger charge is -2.33. The van der Waals surface area contributed by atoms with Gasteiger partial charge in [0.2, 0.25) is 0 Å². The second kappa shape index (κ2) is 11.2. The van der Waals surface area contributed by atoms with E-state index in [4.69, 9.17) is 13.8 Å². The Labute approximate surface area is 247 Å². The number of hydrogen-bond donors (Lipinski definition) is 0. The van der Waals surface area contributed by atoms with Gasteiger partial charge in [0.05, 0.1) is 13.3 Å². The first kappa shape index (κ1) is 29.2. The van der Waals surface area contributed by atoms with Crippen LogP contribution in [0.1, 0.15) is 80.5 Å². The van der Waals surface area contributed by atoms with E-state index in [0.717, 1.165) is 34.8 Å². The van der Waals surface area contributed by atoms with Gasteiger partial charge >= 0.3 is 0 Å². The SMILES string of the molecule is COc1ccccc1-c1ccccc1CP1Oc2c(cc(C)cc2C(C)(C)C)Cc2cc(C)cc(C(C)(C)C)c2O1. The molecule has 0 saturated heterocycles. The molecule has 3 nitrogen and oxygen atoms in total. The van der Waals surface area contributed by atoms with E-state index in [9.17, 15) is 0 Å². The molecule has 4 aromatic rings. The molecular formula is C37H43O3P. The summed E-state index contributed by atoms with van der Waals surface area (Å²) in [4.78, 5) is 0. The highest BCUT2D eigenvalue weighted by molar-refractivity contribution is 7.47. The molecule has 0 aliphatic carbocycles. The molecule has 5 rings (SSSR count). The van der Waals surface area contributed by atoms with Gasteiger partial charge in [-0.1, -0.05) is 119 Å². The third-order valence-electron chi connectivity index (χ3n) is 7.72. The van der Waals surface area contributed by atoms with Gasteiger partial charge in [0.15, 0.2) is 0 Å². The second-order valence-corrected chi connectivity index (χ2v) is 14.7. The summed E-state index contributed by atoms with van der Waals surface area (Å²) in [5, 5.41) is 0. The fourth-order valence-electron chi connectivity index (χ4n) is 5.71. The number of fused-ring (bicyclic) bond motifs is 2. The maximum atomic E-state index is 7.07. The third kappa shape index (κ3) is 6.16. The zero-order valence-corrected chi connectivity index (χ0v) is 26.9. The van der Waals surface area contributed by atoms with E-state index in [-0.39, 0.29) is 10.8 Å². The van der Waals surface area contributed by atoms with Crippen molar-refractivity contribution in [1.82, 2.24) is 0 Å². The predicted octanol–water partition coefficient (Wildman–Crippen LogP) is 10.4. The van der Waals surface area contributed by atoms with E-state index in [2.05, 4.69) is 116 Å². The van der Waals surface area contributed by atoms with Crippen molar-refractivity contribution in [2.45, 2.75) is 78.8 Å². The van der Waals surface area contributed by atoms with Crippen LogP contribution >= 0.6 is 8.38 Å². The number of para-hydroxylation sites is 1. The summed E-state index contributed by atoms with van der Waals surface area (Å²) in [7, 11) is 0.356. The Morgan fingerprint density at radius 1 is 0.683 bits per heavy atom. The molecule has 0 atom stereocenters. The smallest absolute Gasteiger partial charge is 0.295 e. The number of rotatable bonds is 4. The van der Waals surface area contributed by atoms with Crippen LogP contribution in [0.25, 0.3) is 11.1 Å². The lowest BCUT2D eigenvalue weighted by Crippen LogP contribution is -2.19. The number of ether oxygens (including phenoxy) is 1. The standard InChI is InChI=1S/C37H43O3P/c1-24-18-27-22-28-19-25(2)21-32(37(6,7)8)35(28)40-41(39-34(27)31(20-24)36(3,4)5)23-26-14-10-11-15-29(26)30-16-12-13-17-33(30)38-9/h10-21H,22-23H2,1-9H3. The fraction of sp³-hybridized carbons (Fsp3) is 0.351. The highest BCUT2D eigenvalue weighted by Crippen LogP contribution is 2.53. The number of methoxy groups -OCH3 is 1. The molecule has 1 aliphatic heterocycles. The van der Waals surface area contributed by atoms with Crippen molar-refractivity contribution >= 4 is 8.38 Å². The Morgan fingerprint density at radius 3 is 1.68 bits per heavy atom. The van der Waals surface area contributed by atoms with Gasteiger partial charge in [-0.2, -0.15) is 0 Å². The van der Waals surface area contributed by atoms with Gasteiger partial charge in [0, 0.05) is 23.1 Å². The molecule has 4 aromatic carbocycles. The largest absolute Gasteiger partial charge is 0.496 e. The van der Waals surface area contributed by atoms with Crippen LogP contribution in [0.15, 0.2) is 72.8 Å². The minimum absolute atomic E-state index is 0.0718. The molecule has 0 N–H and O–H groups in total. The van der Waals surface area contributed by atoms with Gasteiger partial charge in [0.1, 0.15) is 17.2 Å². The van der Waals surface area contributed by atoms with Gasteiger partial charge in [-0.25, -0.2) is 0 Å². The maximum Gasteiger partial charge on any atom is 0.295 e. The Kier molecular flexibility index (Phi) is 7.96. The Balaban J connectivity index is 1.70. The lowest BCUT2D eigenvalue weighted by atomic mass is 9.81. The van der Waals surface area contributed by atoms with Crippen molar-refractivity contribution in [3.63, 3.8) is 0 Å². The lowest BCUT2D eigenvalue weighted by molar-refractivity contribution is 0.416. The summed E-state index contributed by atoms with van der Waals surface area (Å²) in [6.45, 7) is 18.0. The quantitative estimate of drug-likeness (QED) is 0.230. The molecule has 41 heavy (non-hydrogen) atoms. The van der Waals surface area contributed by atoms with Crippen LogP contribution in [-0.4, -0.2) is 7.11 Å². The van der Waals surface area contributed by atoms with E-state index in [1.807, 2.05) is 12.1 Å². The van der Waals surface area contributed by atoms with Gasteiger partial charge < -0.3 is 13.8 Å². The summed E-state index contributed by atoms with van der Waals surface area (Å²) in [5.41, 5.74) is 10.7. The highest BCUT2D eigenvalue weighted by atomic mass is 31.2. The van der Waals surface area contributed by atoms with Gasteiger partial charge in [-0.05, 0) is 53.0 Å². The minimum Gasteiger partial charge on any atom is -0.496 e. The van der Waals surface area contributed by atoms with Crippen LogP contribution < -0.4 is 13.8 Å². The number of benzene rings is 4. The molecule has 214 valence electrons. The summed E-state index contributed by atoms with van der Waals surface area (Å²) < 4.78 is 19.9. The zero-order valence-electron chi connectivity index (χ0n) is 26.0. The number of hydrogen-bond acceptors (Lipinski definition) is 3. The molecule has 0 fully saturated rings. The van der Waals surface area contributed by atoms with Crippen LogP contribution in [0.5, 0.6) is 17.2 Å². The van der Waals surface area contributed by atoms with Crippen molar-refractivity contribution in [3.05, 3.63) is 112 Å². The maximum absolute atomic E-state index is 7.07. The average Bonchev–Trinajstić information content (AvgIpc) is 2.89. The van der Waals surface area contributed by atoms with E-state index >= 15 is 0 Å². The van der Waals surface area contributed by atoms with Crippen LogP contribution in [0.4, 0.5) is 0 Å². The topological polar surface area (TPSA) is 27.7 Å². The van der Waals surface area contributed by atoms with E-state index in [1.165, 1.54) is 38.9 Å². The van der Waals surface area contributed by atoms with Crippen molar-refractivity contribution in [2.24, 2.45) is 0 Å². The Hall–Kier alpha value is -3.29. The van der Waals surface area contributed by atoms with E-state index in [1.54, 1.807) is 7.11 Å². The van der Waals surface area contributed by atoms with Crippen LogP contribution in [0.3, 0.4) is 0 Å². The van der Waals surface area contributed by atoms with E-state index < -0.39 is 8.38 Å². The molecule has 0 amide bonds. The van der Waals surface area contributed by atoms with E-state index in [0.29, 0.717) is 6.16 Å². The Morgan fingerprint density at radius 2 is 1.17 bits per heavy atom. The minimum atomic E-state index is -1.37. The monoisotopic (exact) mass is 566 g/mol. The van der Waals surface area contributed by atoms with Crippen molar-refractivity contribution in [2.75, 3.05) is 7.11 Å². The summed E-state index contributed by atoms with van der Waals surface area (Å²) in [6, 6.07) is 25.9. The second-order valence-electron chi connectivity index (χ2n) is 13.3. The third-order valence-corrected chi connectivity index (χ3v) is 9.09. The normalized spacial score (nSPS) is 13.8. The molecular weight excluding hydrogens is 523 g/mol. The zero-order chi connectivity index (χ0) is 29.5. The first-order valence-electron chi connectivity index (χ1n) is 14.5. The summed E-state index contributed by atoms with van der Waals surface area (Å²) >= 11 is 0. The van der Waals surface area contributed by atoms with Crippen molar-refractivity contribution in [1.29, 1.82) is 0 Å².